The Bertz CT molecular complexity index is 350. The fourth-order valence-electron chi connectivity index (χ4n) is 3.05. The van der Waals surface area contributed by atoms with Gasteiger partial charge >= 0.3 is 0 Å². The number of fused-ring (bicyclic) bond motifs is 1. The van der Waals surface area contributed by atoms with Gasteiger partial charge in [0.05, 0.1) is 0 Å². The number of nitrogens with zero attached hydrogens (tertiary/aromatic N) is 1. The molecule has 0 amide bonds. The standard InChI is InChI=1S/C14H21N3/c1-2-4-12(5-3-1)10-13-14-11-15-6-8-17(14)9-7-16-13/h1-5,13-16H,6-11H2. The van der Waals surface area contributed by atoms with Crippen molar-refractivity contribution in [3.63, 3.8) is 0 Å². The van der Waals surface area contributed by atoms with E-state index in [-0.39, 0.29) is 0 Å². The highest BCUT2D eigenvalue weighted by atomic mass is 15.3. The van der Waals surface area contributed by atoms with Crippen LogP contribution in [0.2, 0.25) is 0 Å². The average Bonchev–Trinajstić information content (AvgIpc) is 2.40. The number of piperazine rings is 2. The summed E-state index contributed by atoms with van der Waals surface area (Å²) in [5.74, 6) is 0. The van der Waals surface area contributed by atoms with E-state index in [1.54, 1.807) is 0 Å². The van der Waals surface area contributed by atoms with Gasteiger partial charge in [0.2, 0.25) is 0 Å². The van der Waals surface area contributed by atoms with Crippen LogP contribution in [0.25, 0.3) is 0 Å². The highest BCUT2D eigenvalue weighted by Gasteiger charge is 2.32. The molecule has 0 saturated carbocycles. The summed E-state index contributed by atoms with van der Waals surface area (Å²) in [4.78, 5) is 2.64. The molecule has 3 heteroatoms. The Morgan fingerprint density at radius 3 is 2.82 bits per heavy atom. The maximum atomic E-state index is 3.69. The van der Waals surface area contributed by atoms with Crippen LogP contribution < -0.4 is 10.6 Å². The predicted molar refractivity (Wildman–Crippen MR) is 70.2 cm³/mol. The van der Waals surface area contributed by atoms with Gasteiger partial charge in [-0.1, -0.05) is 30.3 Å². The lowest BCUT2D eigenvalue weighted by Gasteiger charge is -2.45. The third-order valence-electron chi connectivity index (χ3n) is 3.97. The van der Waals surface area contributed by atoms with Crippen molar-refractivity contribution in [1.82, 2.24) is 15.5 Å². The number of hydrogen-bond acceptors (Lipinski definition) is 3. The molecule has 3 rings (SSSR count). The third kappa shape index (κ3) is 2.51. The second-order valence-electron chi connectivity index (χ2n) is 5.06. The lowest BCUT2D eigenvalue weighted by atomic mass is 9.95. The van der Waals surface area contributed by atoms with Crippen LogP contribution in [0.4, 0.5) is 0 Å². The molecule has 1 aromatic carbocycles. The van der Waals surface area contributed by atoms with Gasteiger partial charge in [0.25, 0.3) is 0 Å². The molecule has 0 bridgehead atoms. The molecule has 2 N–H and O–H groups in total. The largest absolute Gasteiger partial charge is 0.314 e. The van der Waals surface area contributed by atoms with Crippen LogP contribution in [0.3, 0.4) is 0 Å². The van der Waals surface area contributed by atoms with Gasteiger partial charge in [0.15, 0.2) is 0 Å². The van der Waals surface area contributed by atoms with Crippen molar-refractivity contribution < 1.29 is 0 Å². The summed E-state index contributed by atoms with van der Waals surface area (Å²) in [5, 5.41) is 7.20. The Hall–Kier alpha value is -0.900. The molecule has 0 radical (unpaired) electrons. The molecule has 2 aliphatic heterocycles. The van der Waals surface area contributed by atoms with Gasteiger partial charge in [-0.3, -0.25) is 4.90 Å². The Balaban J connectivity index is 1.69. The molecular formula is C14H21N3. The first-order valence-corrected chi connectivity index (χ1v) is 6.65. The Morgan fingerprint density at radius 2 is 1.94 bits per heavy atom. The molecular weight excluding hydrogens is 210 g/mol. The number of benzene rings is 1. The Kier molecular flexibility index (Phi) is 3.41. The minimum atomic E-state index is 0.596. The summed E-state index contributed by atoms with van der Waals surface area (Å²) in [6, 6.07) is 12.1. The van der Waals surface area contributed by atoms with E-state index in [0.29, 0.717) is 12.1 Å². The van der Waals surface area contributed by atoms with Crippen LogP contribution in [-0.2, 0) is 6.42 Å². The number of rotatable bonds is 2. The van der Waals surface area contributed by atoms with Crippen LogP contribution in [0, 0.1) is 0 Å². The fraction of sp³-hybridized carbons (Fsp3) is 0.571. The van der Waals surface area contributed by atoms with E-state index < -0.39 is 0 Å². The third-order valence-corrected chi connectivity index (χ3v) is 3.97. The smallest absolute Gasteiger partial charge is 0.0378 e. The molecule has 0 aliphatic carbocycles. The molecule has 0 aromatic heterocycles. The Morgan fingerprint density at radius 1 is 1.12 bits per heavy atom. The highest BCUT2D eigenvalue weighted by Crippen LogP contribution is 2.15. The van der Waals surface area contributed by atoms with Crippen LogP contribution in [0.15, 0.2) is 30.3 Å². The molecule has 92 valence electrons. The van der Waals surface area contributed by atoms with E-state index in [9.17, 15) is 0 Å². The number of hydrogen-bond donors (Lipinski definition) is 2. The van der Waals surface area contributed by atoms with E-state index in [1.807, 2.05) is 0 Å². The van der Waals surface area contributed by atoms with Gasteiger partial charge < -0.3 is 10.6 Å². The summed E-state index contributed by atoms with van der Waals surface area (Å²) < 4.78 is 0. The number of nitrogens with one attached hydrogen (secondary N) is 2. The monoisotopic (exact) mass is 231 g/mol. The van der Waals surface area contributed by atoms with Crippen molar-refractivity contribution in [3.8, 4) is 0 Å². The van der Waals surface area contributed by atoms with Crippen molar-refractivity contribution in [2.45, 2.75) is 18.5 Å². The first-order chi connectivity index (χ1) is 8.43. The van der Waals surface area contributed by atoms with Gasteiger partial charge in [0, 0.05) is 44.8 Å². The van der Waals surface area contributed by atoms with E-state index in [1.165, 1.54) is 18.7 Å². The maximum Gasteiger partial charge on any atom is 0.0378 e. The Labute approximate surface area is 103 Å². The predicted octanol–water partition coefficient (Wildman–Crippen LogP) is 0.475. The quantitative estimate of drug-likeness (QED) is 0.775. The van der Waals surface area contributed by atoms with E-state index in [4.69, 9.17) is 0 Å². The zero-order valence-electron chi connectivity index (χ0n) is 10.2. The zero-order valence-corrected chi connectivity index (χ0v) is 10.2. The van der Waals surface area contributed by atoms with Crippen LogP contribution >= 0.6 is 0 Å². The highest BCUT2D eigenvalue weighted by molar-refractivity contribution is 5.17. The van der Waals surface area contributed by atoms with Crippen LogP contribution in [0.5, 0.6) is 0 Å². The second-order valence-corrected chi connectivity index (χ2v) is 5.06. The summed E-state index contributed by atoms with van der Waals surface area (Å²) in [7, 11) is 0. The summed E-state index contributed by atoms with van der Waals surface area (Å²) >= 11 is 0. The lowest BCUT2D eigenvalue weighted by molar-refractivity contribution is 0.0944. The molecule has 2 aliphatic rings. The molecule has 2 saturated heterocycles. The van der Waals surface area contributed by atoms with Gasteiger partial charge in [0.1, 0.15) is 0 Å². The normalized spacial score (nSPS) is 29.9. The second kappa shape index (κ2) is 5.17. The maximum absolute atomic E-state index is 3.69. The van der Waals surface area contributed by atoms with E-state index >= 15 is 0 Å². The van der Waals surface area contributed by atoms with Crippen molar-refractivity contribution in [1.29, 1.82) is 0 Å². The minimum absolute atomic E-state index is 0.596. The van der Waals surface area contributed by atoms with Gasteiger partial charge in [-0.15, -0.1) is 0 Å². The molecule has 3 nitrogen and oxygen atoms in total. The van der Waals surface area contributed by atoms with Crippen LogP contribution in [0.1, 0.15) is 5.56 Å². The van der Waals surface area contributed by atoms with Gasteiger partial charge in [-0.2, -0.15) is 0 Å². The fourth-order valence-corrected chi connectivity index (χ4v) is 3.05. The van der Waals surface area contributed by atoms with Gasteiger partial charge in [-0.25, -0.2) is 0 Å². The SMILES string of the molecule is c1ccc(CC2NCCN3CCNCC23)cc1. The van der Waals surface area contributed by atoms with E-state index in [0.717, 1.165) is 26.1 Å². The van der Waals surface area contributed by atoms with Crippen molar-refractivity contribution in [3.05, 3.63) is 35.9 Å². The van der Waals surface area contributed by atoms with Crippen molar-refractivity contribution in [2.75, 3.05) is 32.7 Å². The molecule has 2 unspecified atom stereocenters. The minimum Gasteiger partial charge on any atom is -0.314 e. The zero-order chi connectivity index (χ0) is 11.5. The van der Waals surface area contributed by atoms with Crippen molar-refractivity contribution in [2.24, 2.45) is 0 Å². The first-order valence-electron chi connectivity index (χ1n) is 6.65. The summed E-state index contributed by atoms with van der Waals surface area (Å²) in [5.41, 5.74) is 1.44. The lowest BCUT2D eigenvalue weighted by Crippen LogP contribution is -2.65. The van der Waals surface area contributed by atoms with Gasteiger partial charge in [-0.05, 0) is 12.0 Å². The molecule has 1 aromatic rings. The molecule has 0 spiro atoms. The summed E-state index contributed by atoms with van der Waals surface area (Å²) in [6.45, 7) is 5.82. The molecule has 2 heterocycles. The summed E-state index contributed by atoms with van der Waals surface area (Å²) in [6.07, 6.45) is 1.14. The average molecular weight is 231 g/mol. The first kappa shape index (κ1) is 11.2. The van der Waals surface area contributed by atoms with Crippen molar-refractivity contribution >= 4 is 0 Å². The molecule has 2 atom stereocenters. The topological polar surface area (TPSA) is 27.3 Å². The van der Waals surface area contributed by atoms with Crippen LogP contribution in [-0.4, -0.2) is 49.7 Å². The molecule has 17 heavy (non-hydrogen) atoms. The van der Waals surface area contributed by atoms with E-state index in [2.05, 4.69) is 45.9 Å². The molecule has 2 fully saturated rings.